The fraction of sp³-hybridized carbons (Fsp3) is 0.500. The van der Waals surface area contributed by atoms with Gasteiger partial charge in [0.1, 0.15) is 6.10 Å². The lowest BCUT2D eigenvalue weighted by molar-refractivity contribution is -0.146. The topological polar surface area (TPSA) is 69.3 Å². The molecule has 1 saturated carbocycles. The van der Waals surface area contributed by atoms with Crippen molar-refractivity contribution in [3.63, 3.8) is 0 Å². The SMILES string of the molecule is COCCCOc1cc(CN(C(=O)[C@H]2CNCCO2)C2CC2)cc(-c2ccccc2)c1OC. The van der Waals surface area contributed by atoms with Crippen molar-refractivity contribution in [3.05, 3.63) is 48.0 Å². The third kappa shape index (κ3) is 6.05. The molecule has 2 aromatic carbocycles. The highest BCUT2D eigenvalue weighted by Gasteiger charge is 2.37. The Balaban J connectivity index is 1.63. The molecule has 0 radical (unpaired) electrons. The molecule has 2 aromatic rings. The van der Waals surface area contributed by atoms with Crippen molar-refractivity contribution in [1.82, 2.24) is 10.2 Å². The second-order valence-electron chi connectivity index (χ2n) is 8.50. The van der Waals surface area contributed by atoms with Crippen LogP contribution >= 0.6 is 0 Å². The number of carbonyl (C=O) groups excluding carboxylic acids is 1. The molecule has 33 heavy (non-hydrogen) atoms. The molecule has 1 amide bonds. The van der Waals surface area contributed by atoms with Crippen LogP contribution in [0.3, 0.4) is 0 Å². The van der Waals surface area contributed by atoms with Gasteiger partial charge in [0.25, 0.3) is 5.91 Å². The molecule has 0 aromatic heterocycles. The van der Waals surface area contributed by atoms with Crippen molar-refractivity contribution in [2.45, 2.75) is 38.0 Å². The molecule has 0 spiro atoms. The number of amides is 1. The van der Waals surface area contributed by atoms with Crippen LogP contribution in [-0.4, -0.2) is 70.1 Å². The number of morpholine rings is 1. The molecule has 1 aliphatic carbocycles. The standard InChI is InChI=1S/C26H34N2O5/c1-30-12-6-13-32-23-16-19(15-22(25(23)31-2)20-7-4-3-5-8-20)18-28(21-9-10-21)26(29)24-17-27-11-14-33-24/h3-5,7-8,15-16,21,24,27H,6,9-14,17-18H2,1-2H3/t24-/m1/s1. The highest BCUT2D eigenvalue weighted by atomic mass is 16.5. The summed E-state index contributed by atoms with van der Waals surface area (Å²) < 4.78 is 22.8. The van der Waals surface area contributed by atoms with Gasteiger partial charge in [-0.1, -0.05) is 30.3 Å². The van der Waals surface area contributed by atoms with Crippen LogP contribution in [0.25, 0.3) is 11.1 Å². The lowest BCUT2D eigenvalue weighted by atomic mass is 10.0. The predicted molar refractivity (Wildman–Crippen MR) is 127 cm³/mol. The Morgan fingerprint density at radius 1 is 1.15 bits per heavy atom. The first kappa shape index (κ1) is 23.5. The zero-order valence-corrected chi connectivity index (χ0v) is 19.5. The summed E-state index contributed by atoms with van der Waals surface area (Å²) in [5.74, 6) is 1.44. The Morgan fingerprint density at radius 3 is 2.64 bits per heavy atom. The largest absolute Gasteiger partial charge is 0.492 e. The summed E-state index contributed by atoms with van der Waals surface area (Å²) in [6, 6.07) is 14.5. The van der Waals surface area contributed by atoms with Gasteiger partial charge in [-0.25, -0.2) is 0 Å². The maximum absolute atomic E-state index is 13.3. The summed E-state index contributed by atoms with van der Waals surface area (Å²) in [5, 5.41) is 3.26. The number of nitrogens with zero attached hydrogens (tertiary/aromatic N) is 1. The van der Waals surface area contributed by atoms with E-state index in [4.69, 9.17) is 18.9 Å². The predicted octanol–water partition coefficient (Wildman–Crippen LogP) is 3.26. The van der Waals surface area contributed by atoms with Crippen LogP contribution in [0.1, 0.15) is 24.8 Å². The minimum Gasteiger partial charge on any atom is -0.492 e. The Labute approximate surface area is 196 Å². The number of hydrogen-bond acceptors (Lipinski definition) is 6. The van der Waals surface area contributed by atoms with E-state index in [0.717, 1.165) is 42.5 Å². The third-order valence-electron chi connectivity index (χ3n) is 5.98. The Bertz CT molecular complexity index is 910. The van der Waals surface area contributed by atoms with E-state index in [1.165, 1.54) is 0 Å². The van der Waals surface area contributed by atoms with Crippen molar-refractivity contribution in [1.29, 1.82) is 0 Å². The first-order valence-electron chi connectivity index (χ1n) is 11.7. The first-order chi connectivity index (χ1) is 16.2. The molecule has 1 aliphatic heterocycles. The van der Waals surface area contributed by atoms with Gasteiger partial charge in [-0.2, -0.15) is 0 Å². The molecule has 1 heterocycles. The molecule has 1 atom stereocenters. The second-order valence-corrected chi connectivity index (χ2v) is 8.50. The average molecular weight is 455 g/mol. The molecule has 2 fully saturated rings. The van der Waals surface area contributed by atoms with E-state index < -0.39 is 6.10 Å². The van der Waals surface area contributed by atoms with Gasteiger partial charge in [0.15, 0.2) is 11.5 Å². The quantitative estimate of drug-likeness (QED) is 0.526. The highest BCUT2D eigenvalue weighted by molar-refractivity contribution is 5.82. The molecule has 7 heteroatoms. The number of ether oxygens (including phenoxy) is 4. The maximum Gasteiger partial charge on any atom is 0.253 e. The zero-order chi connectivity index (χ0) is 23.0. The van der Waals surface area contributed by atoms with Gasteiger partial charge in [-0.3, -0.25) is 4.79 Å². The van der Waals surface area contributed by atoms with E-state index >= 15 is 0 Å². The number of methoxy groups -OCH3 is 2. The van der Waals surface area contributed by atoms with Crippen LogP contribution in [0.2, 0.25) is 0 Å². The van der Waals surface area contributed by atoms with Gasteiger partial charge in [-0.05, 0) is 36.1 Å². The van der Waals surface area contributed by atoms with Crippen molar-refractivity contribution in [2.75, 3.05) is 47.1 Å². The van der Waals surface area contributed by atoms with E-state index in [-0.39, 0.29) is 11.9 Å². The Morgan fingerprint density at radius 2 is 1.97 bits per heavy atom. The number of hydrogen-bond donors (Lipinski definition) is 1. The Kier molecular flexibility index (Phi) is 8.20. The van der Waals surface area contributed by atoms with E-state index in [0.29, 0.717) is 44.4 Å². The van der Waals surface area contributed by atoms with Gasteiger partial charge < -0.3 is 29.2 Å². The summed E-state index contributed by atoms with van der Waals surface area (Å²) in [7, 11) is 3.35. The number of rotatable bonds is 11. The van der Waals surface area contributed by atoms with Crippen molar-refractivity contribution in [3.8, 4) is 22.6 Å². The number of carbonyl (C=O) groups is 1. The molecule has 1 saturated heterocycles. The van der Waals surface area contributed by atoms with Gasteiger partial charge in [0, 0.05) is 51.4 Å². The molecular weight excluding hydrogens is 420 g/mol. The Hall–Kier alpha value is -2.61. The molecule has 7 nitrogen and oxygen atoms in total. The van der Waals surface area contributed by atoms with Crippen LogP contribution < -0.4 is 14.8 Å². The minimum atomic E-state index is -0.420. The summed E-state index contributed by atoms with van der Waals surface area (Å²) in [5.41, 5.74) is 3.01. The minimum absolute atomic E-state index is 0.0596. The molecular formula is C26H34N2O5. The third-order valence-corrected chi connectivity index (χ3v) is 5.98. The van der Waals surface area contributed by atoms with Crippen molar-refractivity contribution < 1.29 is 23.7 Å². The fourth-order valence-electron chi connectivity index (χ4n) is 4.16. The smallest absolute Gasteiger partial charge is 0.253 e. The monoisotopic (exact) mass is 454 g/mol. The van der Waals surface area contributed by atoms with E-state index in [1.54, 1.807) is 14.2 Å². The van der Waals surface area contributed by atoms with Gasteiger partial charge >= 0.3 is 0 Å². The van der Waals surface area contributed by atoms with E-state index in [2.05, 4.69) is 23.5 Å². The van der Waals surface area contributed by atoms with Crippen LogP contribution in [0, 0.1) is 0 Å². The van der Waals surface area contributed by atoms with Crippen LogP contribution in [0.15, 0.2) is 42.5 Å². The second kappa shape index (κ2) is 11.5. The normalized spacial score (nSPS) is 18.1. The summed E-state index contributed by atoms with van der Waals surface area (Å²) in [6.07, 6.45) is 2.43. The molecule has 4 rings (SSSR count). The number of nitrogens with one attached hydrogen (secondary N) is 1. The molecule has 1 N–H and O–H groups in total. The maximum atomic E-state index is 13.3. The molecule has 2 aliphatic rings. The van der Waals surface area contributed by atoms with Crippen LogP contribution in [-0.2, 0) is 20.8 Å². The summed E-state index contributed by atoms with van der Waals surface area (Å²) in [4.78, 5) is 15.3. The molecule has 178 valence electrons. The van der Waals surface area contributed by atoms with Gasteiger partial charge in [-0.15, -0.1) is 0 Å². The highest BCUT2D eigenvalue weighted by Crippen LogP contribution is 2.40. The van der Waals surface area contributed by atoms with E-state index in [9.17, 15) is 4.79 Å². The first-order valence-corrected chi connectivity index (χ1v) is 11.7. The summed E-state index contributed by atoms with van der Waals surface area (Å²) in [6.45, 7) is 3.59. The lowest BCUT2D eigenvalue weighted by Gasteiger charge is -2.30. The molecule has 0 unspecified atom stereocenters. The fourth-order valence-corrected chi connectivity index (χ4v) is 4.16. The van der Waals surface area contributed by atoms with Crippen molar-refractivity contribution in [2.24, 2.45) is 0 Å². The van der Waals surface area contributed by atoms with Crippen LogP contribution in [0.4, 0.5) is 0 Å². The van der Waals surface area contributed by atoms with Gasteiger partial charge in [0.05, 0.1) is 20.3 Å². The van der Waals surface area contributed by atoms with E-state index in [1.807, 2.05) is 29.2 Å². The average Bonchev–Trinajstić information content (AvgIpc) is 3.71. The summed E-state index contributed by atoms with van der Waals surface area (Å²) >= 11 is 0. The van der Waals surface area contributed by atoms with Crippen LogP contribution in [0.5, 0.6) is 11.5 Å². The van der Waals surface area contributed by atoms with Gasteiger partial charge in [0.2, 0.25) is 0 Å². The van der Waals surface area contributed by atoms with Crippen molar-refractivity contribution >= 4 is 5.91 Å². The lowest BCUT2D eigenvalue weighted by Crippen LogP contribution is -2.49. The number of benzene rings is 2. The molecule has 0 bridgehead atoms. The zero-order valence-electron chi connectivity index (χ0n) is 19.5.